The fraction of sp³-hybridized carbons (Fsp3) is 0.167. The van der Waals surface area contributed by atoms with Gasteiger partial charge in [-0.3, -0.25) is 9.79 Å². The molecule has 0 heterocycles. The van der Waals surface area contributed by atoms with E-state index in [4.69, 9.17) is 0 Å². The lowest BCUT2D eigenvalue weighted by atomic mass is 10.1. The number of aromatic hydroxyl groups is 2. The molecule has 6 heteroatoms. The van der Waals surface area contributed by atoms with Crippen LogP contribution in [0.2, 0.25) is 0 Å². The van der Waals surface area contributed by atoms with Crippen LogP contribution in [-0.2, 0) is 6.54 Å². The zero-order valence-corrected chi connectivity index (χ0v) is 17.0. The summed E-state index contributed by atoms with van der Waals surface area (Å²) in [5, 5.41) is 22.9. The number of phenolic OH excluding ortho intramolecular Hbond substituents is 2. The number of amidine groups is 1. The average molecular weight is 403 g/mol. The minimum Gasteiger partial charge on any atom is -0.508 e. The Labute approximate surface area is 176 Å². The zero-order chi connectivity index (χ0) is 21.5. The number of amides is 1. The molecule has 3 aromatic rings. The summed E-state index contributed by atoms with van der Waals surface area (Å²) in [7, 11) is 0. The highest BCUT2D eigenvalue weighted by molar-refractivity contribution is 6.08. The van der Waals surface area contributed by atoms with Gasteiger partial charge in [0.25, 0.3) is 5.91 Å². The number of benzene rings is 3. The number of hydrogen-bond donors (Lipinski definition) is 3. The Bertz CT molecular complexity index is 1030. The lowest BCUT2D eigenvalue weighted by molar-refractivity contribution is 0.0982. The van der Waals surface area contributed by atoms with Crippen molar-refractivity contribution in [3.05, 3.63) is 83.9 Å². The van der Waals surface area contributed by atoms with Gasteiger partial charge in [-0.25, -0.2) is 0 Å². The molecule has 1 amide bonds. The van der Waals surface area contributed by atoms with E-state index >= 15 is 0 Å². The normalized spacial score (nSPS) is 11.2. The molecule has 0 bridgehead atoms. The Morgan fingerprint density at radius 1 is 1.00 bits per heavy atom. The topological polar surface area (TPSA) is 85.2 Å². The maximum atomic E-state index is 13.3. The van der Waals surface area contributed by atoms with Gasteiger partial charge in [0.05, 0.1) is 17.9 Å². The largest absolute Gasteiger partial charge is 0.508 e. The zero-order valence-electron chi connectivity index (χ0n) is 17.0. The predicted octanol–water partition coefficient (Wildman–Crippen LogP) is 4.80. The third kappa shape index (κ3) is 5.17. The smallest absolute Gasteiger partial charge is 0.262 e. The highest BCUT2D eigenvalue weighted by atomic mass is 16.3. The van der Waals surface area contributed by atoms with Crippen molar-refractivity contribution in [2.45, 2.75) is 20.4 Å². The van der Waals surface area contributed by atoms with Crippen molar-refractivity contribution in [3.63, 3.8) is 0 Å². The molecule has 0 atom stereocenters. The summed E-state index contributed by atoms with van der Waals surface area (Å²) in [5.41, 5.74) is 2.63. The Morgan fingerprint density at radius 3 is 2.33 bits per heavy atom. The van der Waals surface area contributed by atoms with Crippen molar-refractivity contribution in [2.24, 2.45) is 4.99 Å². The molecule has 0 spiro atoms. The maximum absolute atomic E-state index is 13.3. The predicted molar refractivity (Wildman–Crippen MR) is 120 cm³/mol. The molecule has 0 radical (unpaired) electrons. The first-order valence-corrected chi connectivity index (χ1v) is 9.74. The van der Waals surface area contributed by atoms with E-state index in [2.05, 4.69) is 10.3 Å². The van der Waals surface area contributed by atoms with E-state index in [-0.39, 0.29) is 23.0 Å². The fourth-order valence-corrected chi connectivity index (χ4v) is 3.10. The number of rotatable bonds is 6. The monoisotopic (exact) mass is 403 g/mol. The third-order valence-corrected chi connectivity index (χ3v) is 4.54. The van der Waals surface area contributed by atoms with E-state index in [9.17, 15) is 15.0 Å². The summed E-state index contributed by atoms with van der Waals surface area (Å²) in [6.07, 6.45) is 0. The van der Waals surface area contributed by atoms with Gasteiger partial charge in [-0.15, -0.1) is 0 Å². The van der Waals surface area contributed by atoms with E-state index in [1.165, 1.54) is 12.1 Å². The molecule has 0 saturated carbocycles. The van der Waals surface area contributed by atoms with E-state index < -0.39 is 0 Å². The number of nitrogens with zero attached hydrogens (tertiary/aromatic N) is 2. The molecule has 0 unspecified atom stereocenters. The second-order valence-corrected chi connectivity index (χ2v) is 6.81. The van der Waals surface area contributed by atoms with Crippen LogP contribution in [0.3, 0.4) is 0 Å². The van der Waals surface area contributed by atoms with Gasteiger partial charge in [-0.05, 0) is 55.8 Å². The van der Waals surface area contributed by atoms with Crippen molar-refractivity contribution < 1.29 is 15.0 Å². The summed E-state index contributed by atoms with van der Waals surface area (Å²) in [5.74, 6) is 0.0956. The van der Waals surface area contributed by atoms with Crippen LogP contribution < -0.4 is 10.2 Å². The lowest BCUT2D eigenvalue weighted by Gasteiger charge is -2.24. The van der Waals surface area contributed by atoms with Crippen molar-refractivity contribution in [3.8, 4) is 11.5 Å². The number of hydrogen-bond acceptors (Lipinski definition) is 4. The highest BCUT2D eigenvalue weighted by Crippen LogP contribution is 2.28. The van der Waals surface area contributed by atoms with Gasteiger partial charge < -0.3 is 20.4 Å². The van der Waals surface area contributed by atoms with Crippen LogP contribution in [0.4, 0.5) is 11.4 Å². The first-order chi connectivity index (χ1) is 14.5. The van der Waals surface area contributed by atoms with Crippen LogP contribution >= 0.6 is 0 Å². The molecule has 3 rings (SSSR count). The van der Waals surface area contributed by atoms with E-state index in [0.29, 0.717) is 18.8 Å². The molecule has 0 aliphatic carbocycles. The van der Waals surface area contributed by atoms with Crippen molar-refractivity contribution in [1.82, 2.24) is 0 Å². The first kappa shape index (κ1) is 20.9. The molecule has 154 valence electrons. The fourth-order valence-electron chi connectivity index (χ4n) is 3.10. The number of carbonyl (C=O) groups is 1. The lowest BCUT2D eigenvalue weighted by Crippen LogP contribution is -2.30. The number of carbonyl (C=O) groups excluding carboxylic acids is 1. The minimum absolute atomic E-state index is 0.0989. The molecule has 6 nitrogen and oxygen atoms in total. The number of anilines is 2. The molecule has 3 N–H and O–H groups in total. The van der Waals surface area contributed by atoms with Gasteiger partial charge in [0, 0.05) is 24.0 Å². The molecule has 30 heavy (non-hydrogen) atoms. The SMILES string of the molecule is CCN=C(C)Nc1ccc(N(Cc2ccccc2)C(=O)c2ccc(O)cc2O)cc1. The van der Waals surface area contributed by atoms with Gasteiger partial charge in [0.15, 0.2) is 0 Å². The van der Waals surface area contributed by atoms with Crippen LogP contribution in [0, 0.1) is 0 Å². The van der Waals surface area contributed by atoms with Gasteiger partial charge in [0.1, 0.15) is 11.5 Å². The second kappa shape index (κ2) is 9.60. The van der Waals surface area contributed by atoms with E-state index in [0.717, 1.165) is 23.2 Å². The Morgan fingerprint density at radius 2 is 1.70 bits per heavy atom. The van der Waals surface area contributed by atoms with Crippen molar-refractivity contribution in [1.29, 1.82) is 0 Å². The molecule has 0 aromatic heterocycles. The summed E-state index contributed by atoms with van der Waals surface area (Å²) < 4.78 is 0. The van der Waals surface area contributed by atoms with Crippen LogP contribution in [0.25, 0.3) is 0 Å². The van der Waals surface area contributed by atoms with Crippen LogP contribution in [-0.4, -0.2) is 28.5 Å². The third-order valence-electron chi connectivity index (χ3n) is 4.54. The molecule has 3 aromatic carbocycles. The quantitative estimate of drug-likeness (QED) is 0.408. The summed E-state index contributed by atoms with van der Waals surface area (Å²) in [4.78, 5) is 19.2. The van der Waals surface area contributed by atoms with Crippen molar-refractivity contribution >= 4 is 23.1 Å². The van der Waals surface area contributed by atoms with E-state index in [1.54, 1.807) is 4.90 Å². The minimum atomic E-state index is -0.360. The summed E-state index contributed by atoms with van der Waals surface area (Å²) in [6, 6.07) is 21.1. The van der Waals surface area contributed by atoms with Gasteiger partial charge >= 0.3 is 0 Å². The molecule has 0 fully saturated rings. The number of aliphatic imine (C=N–C) groups is 1. The van der Waals surface area contributed by atoms with Gasteiger partial charge in [-0.1, -0.05) is 30.3 Å². The maximum Gasteiger partial charge on any atom is 0.262 e. The standard InChI is InChI=1S/C24H25N3O3/c1-3-25-17(2)26-19-9-11-20(12-10-19)27(16-18-7-5-4-6-8-18)24(30)22-14-13-21(28)15-23(22)29/h4-15,28-29H,3,16H2,1-2H3,(H,25,26). The molecular formula is C24H25N3O3. The number of phenols is 2. The first-order valence-electron chi connectivity index (χ1n) is 9.74. The Balaban J connectivity index is 1.93. The van der Waals surface area contributed by atoms with Crippen LogP contribution in [0.15, 0.2) is 77.8 Å². The van der Waals surface area contributed by atoms with E-state index in [1.807, 2.05) is 68.4 Å². The number of nitrogens with one attached hydrogen (secondary N) is 1. The highest BCUT2D eigenvalue weighted by Gasteiger charge is 2.21. The van der Waals surface area contributed by atoms with Gasteiger partial charge in [-0.2, -0.15) is 0 Å². The Hall–Kier alpha value is -3.80. The summed E-state index contributed by atoms with van der Waals surface area (Å²) >= 11 is 0. The van der Waals surface area contributed by atoms with Crippen LogP contribution in [0.1, 0.15) is 29.8 Å². The second-order valence-electron chi connectivity index (χ2n) is 6.81. The molecular weight excluding hydrogens is 378 g/mol. The Kier molecular flexibility index (Phi) is 6.70. The average Bonchev–Trinajstić information content (AvgIpc) is 2.73. The molecule has 0 aliphatic rings. The summed E-state index contributed by atoms with van der Waals surface area (Å²) in [6.45, 7) is 4.91. The van der Waals surface area contributed by atoms with Gasteiger partial charge in [0.2, 0.25) is 0 Å². The molecule has 0 aliphatic heterocycles. The van der Waals surface area contributed by atoms with Crippen LogP contribution in [0.5, 0.6) is 11.5 Å². The molecule has 0 saturated heterocycles. The van der Waals surface area contributed by atoms with Crippen molar-refractivity contribution in [2.75, 3.05) is 16.8 Å².